The lowest BCUT2D eigenvalue weighted by atomic mass is 9.90. The Hall–Kier alpha value is -1.71. The molecule has 0 aliphatic heterocycles. The molecule has 1 aromatic rings. The Morgan fingerprint density at radius 3 is 2.93 bits per heavy atom. The van der Waals surface area contributed by atoms with E-state index in [1.54, 1.807) is 6.07 Å². The van der Waals surface area contributed by atoms with Gasteiger partial charge in [0.2, 0.25) is 0 Å². The third-order valence-corrected chi connectivity index (χ3v) is 3.45. The molecule has 0 amide bonds. The van der Waals surface area contributed by atoms with Crippen LogP contribution in [0.25, 0.3) is 0 Å². The lowest BCUT2D eigenvalue weighted by Gasteiger charge is -2.13. The Balaban J connectivity index is 2.23. The molecule has 2 bridgehead atoms. The van der Waals surface area contributed by atoms with E-state index in [9.17, 15) is 14.9 Å². The van der Waals surface area contributed by atoms with Crippen molar-refractivity contribution in [3.8, 4) is 0 Å². The summed E-state index contributed by atoms with van der Waals surface area (Å²) in [5.74, 6) is 0.275. The van der Waals surface area contributed by atoms with Crippen LogP contribution < -0.4 is 0 Å². The molecule has 0 radical (unpaired) electrons. The van der Waals surface area contributed by atoms with Crippen LogP contribution >= 0.6 is 0 Å². The van der Waals surface area contributed by atoms with Crippen molar-refractivity contribution >= 4 is 11.5 Å². The molecular weight excluding hydrogens is 194 g/mol. The fourth-order valence-corrected chi connectivity index (χ4v) is 2.88. The number of hydrogen-bond acceptors (Lipinski definition) is 3. The minimum Gasteiger partial charge on any atom is -0.299 e. The Labute approximate surface area is 86.1 Å². The van der Waals surface area contributed by atoms with Gasteiger partial charge < -0.3 is 0 Å². The van der Waals surface area contributed by atoms with Crippen LogP contribution in [0.5, 0.6) is 0 Å². The van der Waals surface area contributed by atoms with Crippen molar-refractivity contribution < 1.29 is 9.72 Å². The molecule has 1 aromatic carbocycles. The highest BCUT2D eigenvalue weighted by atomic mass is 16.6. The molecule has 0 spiro atoms. The fraction of sp³-hybridized carbons (Fsp3) is 0.364. The summed E-state index contributed by atoms with van der Waals surface area (Å²) < 4.78 is 0. The second-order valence-corrected chi connectivity index (χ2v) is 4.19. The van der Waals surface area contributed by atoms with E-state index in [-0.39, 0.29) is 28.2 Å². The van der Waals surface area contributed by atoms with Crippen molar-refractivity contribution in [2.24, 2.45) is 0 Å². The van der Waals surface area contributed by atoms with Gasteiger partial charge in [0.1, 0.15) is 5.78 Å². The van der Waals surface area contributed by atoms with Gasteiger partial charge in [-0.1, -0.05) is 12.1 Å². The number of hydrogen-bond donors (Lipinski definition) is 0. The molecule has 4 heteroatoms. The zero-order valence-electron chi connectivity index (χ0n) is 7.97. The summed E-state index contributed by atoms with van der Waals surface area (Å²) in [5, 5.41) is 10.8. The number of nitro benzene ring substituents is 1. The molecule has 0 N–H and O–H groups in total. The van der Waals surface area contributed by atoms with E-state index in [0.717, 1.165) is 17.5 Å². The highest BCUT2D eigenvalue weighted by Crippen LogP contribution is 2.53. The van der Waals surface area contributed by atoms with Crippen LogP contribution in [-0.4, -0.2) is 10.7 Å². The predicted molar refractivity (Wildman–Crippen MR) is 52.8 cm³/mol. The van der Waals surface area contributed by atoms with Gasteiger partial charge in [-0.25, -0.2) is 0 Å². The maximum absolute atomic E-state index is 11.5. The molecule has 2 aliphatic carbocycles. The maximum atomic E-state index is 11.5. The summed E-state index contributed by atoms with van der Waals surface area (Å²) in [6.07, 6.45) is 1.27. The highest BCUT2D eigenvalue weighted by Gasteiger charge is 2.46. The minimum absolute atomic E-state index is 0.0649. The smallest absolute Gasteiger partial charge is 0.273 e. The first-order valence-corrected chi connectivity index (χ1v) is 4.98. The number of carbonyl (C=O) groups excluding carboxylic acids is 1. The number of nitro groups is 1. The summed E-state index contributed by atoms with van der Waals surface area (Å²) in [5.41, 5.74) is 1.89. The van der Waals surface area contributed by atoms with Crippen LogP contribution in [0.2, 0.25) is 0 Å². The van der Waals surface area contributed by atoms with Crippen LogP contribution in [0.3, 0.4) is 0 Å². The fourth-order valence-electron chi connectivity index (χ4n) is 2.88. The highest BCUT2D eigenvalue weighted by molar-refractivity contribution is 5.92. The standard InChI is InChI=1S/C11H9NO3/c13-10-5-6-4-8(10)7-2-1-3-9(11(6)7)12(14)15/h1-3,6,8H,4-5H2. The third kappa shape index (κ3) is 0.988. The average Bonchev–Trinajstić information content (AvgIpc) is 2.74. The van der Waals surface area contributed by atoms with Crippen molar-refractivity contribution in [3.05, 3.63) is 39.4 Å². The summed E-state index contributed by atoms with van der Waals surface area (Å²) in [4.78, 5) is 22.0. The van der Waals surface area contributed by atoms with Gasteiger partial charge in [0.05, 0.1) is 4.92 Å². The lowest BCUT2D eigenvalue weighted by molar-refractivity contribution is -0.385. The molecule has 0 heterocycles. The number of Topliss-reactive ketones (excluding diaryl/α,β-unsaturated/α-hetero) is 1. The Morgan fingerprint density at radius 1 is 1.40 bits per heavy atom. The number of ketones is 1. The second kappa shape index (κ2) is 2.66. The van der Waals surface area contributed by atoms with Gasteiger partial charge >= 0.3 is 0 Å². The molecule has 3 rings (SSSR count). The van der Waals surface area contributed by atoms with Crippen molar-refractivity contribution in [1.29, 1.82) is 0 Å². The van der Waals surface area contributed by atoms with Gasteiger partial charge in [-0.05, 0) is 17.9 Å². The van der Waals surface area contributed by atoms with Crippen molar-refractivity contribution in [2.45, 2.75) is 24.7 Å². The van der Waals surface area contributed by atoms with E-state index in [2.05, 4.69) is 0 Å². The molecule has 76 valence electrons. The van der Waals surface area contributed by atoms with Gasteiger partial charge in [-0.2, -0.15) is 0 Å². The first kappa shape index (κ1) is 8.59. The SMILES string of the molecule is O=C1CC2CC1c1cccc([N+](=O)[O-])c12. The van der Waals surface area contributed by atoms with Gasteiger partial charge in [0.15, 0.2) is 0 Å². The van der Waals surface area contributed by atoms with Gasteiger partial charge in [0.25, 0.3) is 5.69 Å². The molecule has 2 atom stereocenters. The quantitative estimate of drug-likeness (QED) is 0.519. The summed E-state index contributed by atoms with van der Waals surface area (Å²) in [6.45, 7) is 0. The topological polar surface area (TPSA) is 60.2 Å². The van der Waals surface area contributed by atoms with E-state index in [0.29, 0.717) is 6.42 Å². The van der Waals surface area contributed by atoms with Crippen molar-refractivity contribution in [1.82, 2.24) is 0 Å². The molecule has 1 saturated carbocycles. The van der Waals surface area contributed by atoms with Crippen LogP contribution in [0.15, 0.2) is 18.2 Å². The first-order chi connectivity index (χ1) is 7.18. The molecular formula is C11H9NO3. The molecule has 15 heavy (non-hydrogen) atoms. The molecule has 1 fully saturated rings. The van der Waals surface area contributed by atoms with Crippen LogP contribution in [0.1, 0.15) is 35.8 Å². The van der Waals surface area contributed by atoms with E-state index >= 15 is 0 Å². The average molecular weight is 203 g/mol. The molecule has 0 saturated heterocycles. The Morgan fingerprint density at radius 2 is 2.20 bits per heavy atom. The summed E-state index contributed by atoms with van der Waals surface area (Å²) in [7, 11) is 0. The van der Waals surface area contributed by atoms with E-state index in [1.165, 1.54) is 6.07 Å². The monoisotopic (exact) mass is 203 g/mol. The number of fused-ring (bicyclic) bond motifs is 5. The zero-order valence-corrected chi connectivity index (χ0v) is 7.97. The minimum atomic E-state index is -0.343. The number of carbonyl (C=O) groups is 1. The Kier molecular flexibility index (Phi) is 1.52. The molecule has 2 aliphatic rings. The van der Waals surface area contributed by atoms with E-state index < -0.39 is 0 Å². The van der Waals surface area contributed by atoms with Crippen molar-refractivity contribution in [2.75, 3.05) is 0 Å². The van der Waals surface area contributed by atoms with Crippen LogP contribution in [0.4, 0.5) is 5.69 Å². The molecule has 4 nitrogen and oxygen atoms in total. The number of rotatable bonds is 1. The Bertz CT molecular complexity index is 481. The largest absolute Gasteiger partial charge is 0.299 e. The first-order valence-electron chi connectivity index (χ1n) is 4.98. The van der Waals surface area contributed by atoms with Gasteiger partial charge in [0, 0.05) is 24.0 Å². The normalized spacial score (nSPS) is 26.8. The second-order valence-electron chi connectivity index (χ2n) is 4.19. The van der Waals surface area contributed by atoms with E-state index in [4.69, 9.17) is 0 Å². The molecule has 2 unspecified atom stereocenters. The van der Waals surface area contributed by atoms with E-state index in [1.807, 2.05) is 6.07 Å². The maximum Gasteiger partial charge on any atom is 0.273 e. The zero-order chi connectivity index (χ0) is 10.6. The predicted octanol–water partition coefficient (Wildman–Crippen LogP) is 2.14. The van der Waals surface area contributed by atoms with Crippen LogP contribution in [-0.2, 0) is 4.79 Å². The lowest BCUT2D eigenvalue weighted by Crippen LogP contribution is -2.10. The van der Waals surface area contributed by atoms with Crippen LogP contribution in [0, 0.1) is 10.1 Å². The number of benzene rings is 1. The van der Waals surface area contributed by atoms with Crippen molar-refractivity contribution in [3.63, 3.8) is 0 Å². The molecule has 0 aromatic heterocycles. The third-order valence-electron chi connectivity index (χ3n) is 3.45. The van der Waals surface area contributed by atoms with Gasteiger partial charge in [-0.3, -0.25) is 14.9 Å². The van der Waals surface area contributed by atoms with Gasteiger partial charge in [-0.15, -0.1) is 0 Å². The number of nitrogens with zero attached hydrogens (tertiary/aromatic N) is 1. The summed E-state index contributed by atoms with van der Waals surface area (Å²) in [6, 6.07) is 5.05. The summed E-state index contributed by atoms with van der Waals surface area (Å²) >= 11 is 0.